The van der Waals surface area contributed by atoms with Crippen LogP contribution in [0.3, 0.4) is 0 Å². The van der Waals surface area contributed by atoms with Gasteiger partial charge in [0.1, 0.15) is 4.99 Å². The smallest absolute Gasteiger partial charge is 0.117 e. The van der Waals surface area contributed by atoms with Gasteiger partial charge in [-0.1, -0.05) is 29.6 Å². The van der Waals surface area contributed by atoms with E-state index in [1.54, 1.807) is 12.3 Å². The van der Waals surface area contributed by atoms with Crippen molar-refractivity contribution >= 4 is 30.0 Å². The third kappa shape index (κ3) is 3.64. The van der Waals surface area contributed by atoms with E-state index in [0.29, 0.717) is 4.99 Å². The molecule has 0 atom stereocenters. The Morgan fingerprint density at radius 3 is 2.40 bits per heavy atom. The summed E-state index contributed by atoms with van der Waals surface area (Å²) in [5.41, 5.74) is 5.44. The Kier molecular flexibility index (Phi) is 6.72. The molecule has 0 saturated heterocycles. The van der Waals surface area contributed by atoms with E-state index >= 15 is 0 Å². The second-order valence-corrected chi connectivity index (χ2v) is 2.09. The SMILES string of the molecule is N.N.S=C1C=CNN(S)N1. The van der Waals surface area contributed by atoms with Crippen LogP contribution in [-0.2, 0) is 0 Å². The highest BCUT2D eigenvalue weighted by molar-refractivity contribution is 7.81. The van der Waals surface area contributed by atoms with Gasteiger partial charge in [-0.15, -0.1) is 0 Å². The van der Waals surface area contributed by atoms with Crippen molar-refractivity contribution in [3.8, 4) is 0 Å². The Morgan fingerprint density at radius 1 is 1.50 bits per heavy atom. The Labute approximate surface area is 70.5 Å². The van der Waals surface area contributed by atoms with Crippen molar-refractivity contribution in [2.45, 2.75) is 0 Å². The van der Waals surface area contributed by atoms with Gasteiger partial charge in [-0.2, -0.15) is 0 Å². The Hall–Kier alpha value is -0.340. The maximum Gasteiger partial charge on any atom is 0.117 e. The summed E-state index contributed by atoms with van der Waals surface area (Å²) in [4.78, 5) is 0.652. The van der Waals surface area contributed by atoms with Crippen LogP contribution in [0.4, 0.5) is 0 Å². The van der Waals surface area contributed by atoms with Crippen molar-refractivity contribution in [2.24, 2.45) is 0 Å². The minimum Gasteiger partial charge on any atom is -0.344 e. The third-order valence-electron chi connectivity index (χ3n) is 0.648. The molecule has 0 aromatic heterocycles. The van der Waals surface area contributed by atoms with Crippen molar-refractivity contribution in [3.05, 3.63) is 12.3 Å². The van der Waals surface area contributed by atoms with Gasteiger partial charge in [-0.25, -0.2) is 0 Å². The molecule has 0 aromatic rings. The molecule has 0 unspecified atom stereocenters. The predicted octanol–water partition coefficient (Wildman–Crippen LogP) is 0.321. The van der Waals surface area contributed by atoms with Crippen molar-refractivity contribution in [1.29, 1.82) is 0 Å². The lowest BCUT2D eigenvalue weighted by atomic mass is 10.6. The number of thiocarbonyl (C=S) groups is 1. The summed E-state index contributed by atoms with van der Waals surface area (Å²) in [6, 6.07) is 0. The Bertz CT molecular complexity index is 135. The highest BCUT2D eigenvalue weighted by atomic mass is 32.1. The summed E-state index contributed by atoms with van der Waals surface area (Å²) in [7, 11) is 0. The average Bonchev–Trinajstić information content (AvgIpc) is 1.64. The average molecular weight is 181 g/mol. The normalized spacial score (nSPS) is 15.9. The maximum atomic E-state index is 4.75. The van der Waals surface area contributed by atoms with Crippen LogP contribution in [0.1, 0.15) is 0 Å². The van der Waals surface area contributed by atoms with Crippen LogP contribution >= 0.6 is 25.0 Å². The molecule has 0 spiro atoms. The van der Waals surface area contributed by atoms with Gasteiger partial charge in [0.25, 0.3) is 0 Å². The first-order chi connectivity index (χ1) is 3.79. The minimum absolute atomic E-state index is 0. The molecule has 0 aromatic carbocycles. The van der Waals surface area contributed by atoms with Gasteiger partial charge in [0.05, 0.1) is 0 Å². The van der Waals surface area contributed by atoms with Crippen LogP contribution in [-0.4, -0.2) is 9.51 Å². The van der Waals surface area contributed by atoms with Gasteiger partial charge in [-0.05, 0) is 6.08 Å². The van der Waals surface area contributed by atoms with Crippen LogP contribution < -0.4 is 23.2 Å². The predicted molar refractivity (Wildman–Crippen MR) is 48.9 cm³/mol. The van der Waals surface area contributed by atoms with Gasteiger partial charge < -0.3 is 12.3 Å². The first kappa shape index (κ1) is 12.3. The summed E-state index contributed by atoms with van der Waals surface area (Å²) in [6.45, 7) is 0. The van der Waals surface area contributed by atoms with Crippen LogP contribution in [0.2, 0.25) is 0 Å². The summed E-state index contributed by atoms with van der Waals surface area (Å²) in [5.74, 6) is 0. The lowest BCUT2D eigenvalue weighted by Crippen LogP contribution is -2.43. The van der Waals surface area contributed by atoms with Crippen molar-refractivity contribution in [3.63, 3.8) is 0 Å². The zero-order chi connectivity index (χ0) is 5.98. The Balaban J connectivity index is 0. The molecule has 1 heterocycles. The number of hydrazine groups is 2. The molecule has 0 radical (unpaired) electrons. The first-order valence-corrected chi connectivity index (χ1v) is 2.82. The van der Waals surface area contributed by atoms with Gasteiger partial charge >= 0.3 is 0 Å². The second-order valence-electron chi connectivity index (χ2n) is 1.25. The van der Waals surface area contributed by atoms with Gasteiger partial charge in [-0.3, -0.25) is 10.9 Å². The number of nitrogens with one attached hydrogen (secondary N) is 2. The molecule has 8 N–H and O–H groups in total. The number of thiol groups is 1. The van der Waals surface area contributed by atoms with Crippen LogP contribution in [0, 0.1) is 0 Å². The molecule has 10 heavy (non-hydrogen) atoms. The van der Waals surface area contributed by atoms with E-state index in [9.17, 15) is 0 Å². The fraction of sp³-hybridized carbons (Fsp3) is 0. The summed E-state index contributed by atoms with van der Waals surface area (Å²) in [6.07, 6.45) is 3.44. The van der Waals surface area contributed by atoms with E-state index in [-0.39, 0.29) is 12.3 Å². The van der Waals surface area contributed by atoms with Crippen LogP contribution in [0.25, 0.3) is 0 Å². The molecule has 0 aliphatic carbocycles. The van der Waals surface area contributed by atoms with E-state index in [0.717, 1.165) is 0 Å². The molecule has 5 nitrogen and oxygen atoms in total. The highest BCUT2D eigenvalue weighted by Crippen LogP contribution is 1.88. The number of rotatable bonds is 0. The zero-order valence-corrected chi connectivity index (χ0v) is 7.08. The van der Waals surface area contributed by atoms with Crippen molar-refractivity contribution in [2.75, 3.05) is 0 Å². The molecular weight excluding hydrogens is 170 g/mol. The minimum atomic E-state index is 0. The number of hydrogen-bond acceptors (Lipinski definition) is 6. The monoisotopic (exact) mass is 181 g/mol. The number of nitrogens with zero attached hydrogens (tertiary/aromatic N) is 1. The van der Waals surface area contributed by atoms with E-state index in [1.165, 1.54) is 4.52 Å². The second kappa shape index (κ2) is 5.45. The molecule has 0 saturated carbocycles. The standard InChI is InChI=1S/C3H5N3S2.2H3N/c7-3-1-2-4-6(8)5-3;;/h1-2,4,8H,(H,5,7);2*1H3. The fourth-order valence-electron chi connectivity index (χ4n) is 0.357. The van der Waals surface area contributed by atoms with E-state index in [1.807, 2.05) is 0 Å². The summed E-state index contributed by atoms with van der Waals surface area (Å²) >= 11 is 8.65. The lowest BCUT2D eigenvalue weighted by molar-refractivity contribution is 0.368. The molecule has 1 aliphatic heterocycles. The van der Waals surface area contributed by atoms with E-state index in [2.05, 4.69) is 23.7 Å². The molecule has 1 rings (SSSR count). The molecule has 0 amide bonds. The van der Waals surface area contributed by atoms with Crippen molar-refractivity contribution < 1.29 is 0 Å². The van der Waals surface area contributed by atoms with E-state index < -0.39 is 0 Å². The number of hydrogen-bond donors (Lipinski definition) is 5. The summed E-state index contributed by atoms with van der Waals surface area (Å²) < 4.78 is 1.38. The fourth-order valence-corrected chi connectivity index (χ4v) is 0.759. The molecule has 7 heteroatoms. The highest BCUT2D eigenvalue weighted by Gasteiger charge is 1.99. The van der Waals surface area contributed by atoms with Gasteiger partial charge in [0, 0.05) is 6.20 Å². The van der Waals surface area contributed by atoms with Gasteiger partial charge in [0.15, 0.2) is 0 Å². The van der Waals surface area contributed by atoms with Crippen LogP contribution in [0.15, 0.2) is 12.3 Å². The molecular formula is C3H11N5S2. The Morgan fingerprint density at radius 2 is 2.10 bits per heavy atom. The molecule has 1 aliphatic rings. The van der Waals surface area contributed by atoms with Gasteiger partial charge in [0.2, 0.25) is 0 Å². The molecule has 0 fully saturated rings. The quantitative estimate of drug-likeness (QED) is 0.273. The van der Waals surface area contributed by atoms with Crippen molar-refractivity contribution in [1.82, 2.24) is 27.7 Å². The maximum absolute atomic E-state index is 4.75. The first-order valence-electron chi connectivity index (χ1n) is 2.01. The summed E-state index contributed by atoms with van der Waals surface area (Å²) in [5, 5.41) is 0. The zero-order valence-electron chi connectivity index (χ0n) is 5.37. The van der Waals surface area contributed by atoms with E-state index in [4.69, 9.17) is 12.2 Å². The molecule has 0 bridgehead atoms. The third-order valence-corrected chi connectivity index (χ3v) is 1.09. The lowest BCUT2D eigenvalue weighted by Gasteiger charge is -2.19. The van der Waals surface area contributed by atoms with Crippen LogP contribution in [0.5, 0.6) is 0 Å². The topological polar surface area (TPSA) is 97.3 Å². The largest absolute Gasteiger partial charge is 0.344 e. The molecule has 60 valence electrons.